The molecule has 2 fully saturated rings. The van der Waals surface area contributed by atoms with Gasteiger partial charge in [-0.25, -0.2) is 0 Å². The zero-order valence-corrected chi connectivity index (χ0v) is 22.5. The lowest BCUT2D eigenvalue weighted by atomic mass is 9.72. The van der Waals surface area contributed by atoms with Crippen molar-refractivity contribution in [3.05, 3.63) is 71.5 Å². The van der Waals surface area contributed by atoms with Gasteiger partial charge >= 0.3 is 0 Å². The highest BCUT2D eigenvalue weighted by Crippen LogP contribution is 2.57. The number of nitrogens with zero attached hydrogens (tertiary/aromatic N) is 6. The molecule has 208 valence electrons. The number of amides is 2. The number of benzene rings is 2. The van der Waals surface area contributed by atoms with E-state index in [4.69, 9.17) is 4.74 Å². The Hall–Kier alpha value is -3.76. The third kappa shape index (κ3) is 4.17. The van der Waals surface area contributed by atoms with E-state index in [0.29, 0.717) is 58.6 Å². The number of para-hydroxylation sites is 1. The van der Waals surface area contributed by atoms with Crippen LogP contribution in [-0.2, 0) is 28.1 Å². The van der Waals surface area contributed by atoms with Gasteiger partial charge in [-0.3, -0.25) is 19.2 Å². The van der Waals surface area contributed by atoms with Gasteiger partial charge in [0.15, 0.2) is 0 Å². The molecule has 0 saturated carbocycles. The molecule has 2 atom stereocenters. The zero-order valence-electron chi connectivity index (χ0n) is 22.5. The van der Waals surface area contributed by atoms with Crippen LogP contribution in [0.5, 0.6) is 5.75 Å². The maximum atomic E-state index is 14.7. The Balaban J connectivity index is 1.33. The molecule has 2 aromatic carbocycles. The third-order valence-electron chi connectivity index (χ3n) is 8.94. The molecule has 10 nitrogen and oxygen atoms in total. The van der Waals surface area contributed by atoms with E-state index >= 15 is 0 Å². The number of rotatable bonds is 2. The summed E-state index contributed by atoms with van der Waals surface area (Å²) in [4.78, 5) is 34.5. The van der Waals surface area contributed by atoms with Gasteiger partial charge < -0.3 is 19.6 Å². The second-order valence-corrected chi connectivity index (χ2v) is 11.4. The first-order valence-corrected chi connectivity index (χ1v) is 14.3. The average molecular weight is 543 g/mol. The molecular weight excluding hydrogens is 508 g/mol. The van der Waals surface area contributed by atoms with Crippen molar-refractivity contribution in [1.82, 2.24) is 24.8 Å². The Morgan fingerprint density at radius 1 is 1.07 bits per heavy atom. The van der Waals surface area contributed by atoms with Crippen molar-refractivity contribution in [2.75, 3.05) is 37.7 Å². The van der Waals surface area contributed by atoms with Crippen molar-refractivity contribution in [2.45, 2.75) is 56.3 Å². The maximum Gasteiger partial charge on any atom is 0.240 e. The topological polar surface area (TPSA) is 104 Å². The van der Waals surface area contributed by atoms with Crippen LogP contribution in [0.25, 0.3) is 0 Å². The van der Waals surface area contributed by atoms with Gasteiger partial charge in [-0.1, -0.05) is 35.5 Å². The number of aliphatic hydroxyl groups is 1. The summed E-state index contributed by atoms with van der Waals surface area (Å²) in [6.07, 6.45) is 4.25. The molecule has 0 unspecified atom stereocenters. The number of fused-ring (bicyclic) bond motifs is 8. The van der Waals surface area contributed by atoms with Gasteiger partial charge in [-0.15, -0.1) is 5.10 Å². The predicted molar refractivity (Wildman–Crippen MR) is 147 cm³/mol. The molecule has 1 N–H and O–H groups in total. The third-order valence-corrected chi connectivity index (χ3v) is 8.94. The van der Waals surface area contributed by atoms with Crippen LogP contribution in [0.15, 0.2) is 54.7 Å². The molecule has 0 aliphatic carbocycles. The summed E-state index contributed by atoms with van der Waals surface area (Å²) in [5.41, 5.74) is 2.53. The van der Waals surface area contributed by atoms with Crippen LogP contribution in [0.2, 0.25) is 0 Å². The lowest BCUT2D eigenvalue weighted by molar-refractivity contribution is -0.135. The van der Waals surface area contributed by atoms with Gasteiger partial charge in [0.25, 0.3) is 0 Å². The van der Waals surface area contributed by atoms with Crippen molar-refractivity contribution >= 4 is 17.5 Å². The number of aliphatic hydroxyl groups excluding tert-OH is 1. The fraction of sp³-hybridized carbons (Fsp3) is 0.467. The molecule has 2 saturated heterocycles. The summed E-state index contributed by atoms with van der Waals surface area (Å²) in [7, 11) is 0. The number of aryl methyl sites for hydroxylation is 1. The van der Waals surface area contributed by atoms with E-state index in [-0.39, 0.29) is 24.5 Å². The Bertz CT molecular complexity index is 1430. The number of piperidine rings is 1. The predicted octanol–water partition coefficient (Wildman–Crippen LogP) is 2.28. The van der Waals surface area contributed by atoms with Crippen molar-refractivity contribution in [1.29, 1.82) is 0 Å². The van der Waals surface area contributed by atoms with Gasteiger partial charge in [0.1, 0.15) is 16.9 Å². The molecule has 10 heteroatoms. The van der Waals surface area contributed by atoms with Crippen LogP contribution in [0.1, 0.15) is 48.5 Å². The number of aromatic nitrogens is 3. The Morgan fingerprint density at radius 2 is 1.93 bits per heavy atom. The molecular formula is C30H34N6O4. The number of hydrogen-bond acceptors (Lipinski definition) is 7. The summed E-state index contributed by atoms with van der Waals surface area (Å²) in [5, 5.41) is 18.6. The first kappa shape index (κ1) is 25.2. The van der Waals surface area contributed by atoms with Gasteiger partial charge in [-0.2, -0.15) is 0 Å². The minimum absolute atomic E-state index is 0.00848. The fourth-order valence-corrected chi connectivity index (χ4v) is 7.01. The van der Waals surface area contributed by atoms with E-state index in [1.165, 1.54) is 0 Å². The Labute approximate surface area is 233 Å². The number of ether oxygens (including phenoxy) is 1. The summed E-state index contributed by atoms with van der Waals surface area (Å²) in [6, 6.07) is 15.4. The Kier molecular flexibility index (Phi) is 6.31. The monoisotopic (exact) mass is 542 g/mol. The minimum Gasteiger partial charge on any atom is -0.494 e. The highest BCUT2D eigenvalue weighted by molar-refractivity contribution is 6.09. The molecule has 0 radical (unpaired) electrons. The standard InChI is InChI=1S/C30H34N6O4/c37-23-9-13-33(14-10-23)20-27(38)35-15-11-30-25-7-1-2-8-26(25)36(29(30)39)19-22-18-34(32-31-22)12-4-16-40-24-6-3-5-21(17-24)28(30)35/h1-3,5-8,17-18,23,28,37H,4,9-16,19-20H2/t28-,30+/m0/s1. The van der Waals surface area contributed by atoms with Crippen LogP contribution in [-0.4, -0.2) is 80.6 Å². The molecule has 5 heterocycles. The quantitative estimate of drug-likeness (QED) is 0.530. The fourth-order valence-electron chi connectivity index (χ4n) is 7.01. The molecule has 1 spiro atoms. The SMILES string of the molecule is O=C(CN1CCC(O)CC1)N1CC[C@]23C(=O)N(Cc4cn(nn4)CCCOc4cccc(c4)[C@H]12)c1ccccc13. The number of carbonyl (C=O) groups excluding carboxylic acids is 2. The molecule has 4 aliphatic heterocycles. The van der Waals surface area contributed by atoms with E-state index in [1.54, 1.807) is 4.68 Å². The van der Waals surface area contributed by atoms with Gasteiger partial charge in [0, 0.05) is 38.3 Å². The molecule has 4 aliphatic rings. The van der Waals surface area contributed by atoms with Gasteiger partial charge in [-0.05, 0) is 48.6 Å². The lowest BCUT2D eigenvalue weighted by Gasteiger charge is -2.37. The summed E-state index contributed by atoms with van der Waals surface area (Å²) < 4.78 is 7.93. The maximum absolute atomic E-state index is 14.7. The molecule has 7 rings (SSSR count). The highest BCUT2D eigenvalue weighted by atomic mass is 16.5. The van der Waals surface area contributed by atoms with Crippen LogP contribution in [0.3, 0.4) is 0 Å². The number of likely N-dealkylation sites (tertiary alicyclic amines) is 2. The number of hydrogen-bond donors (Lipinski definition) is 1. The smallest absolute Gasteiger partial charge is 0.240 e. The summed E-state index contributed by atoms with van der Waals surface area (Å²) in [5.74, 6) is 0.724. The molecule has 3 aromatic rings. The summed E-state index contributed by atoms with van der Waals surface area (Å²) in [6.45, 7) is 3.65. The highest BCUT2D eigenvalue weighted by Gasteiger charge is 2.61. The molecule has 40 heavy (non-hydrogen) atoms. The second-order valence-electron chi connectivity index (χ2n) is 11.4. The van der Waals surface area contributed by atoms with E-state index in [0.717, 1.165) is 34.7 Å². The van der Waals surface area contributed by atoms with E-state index in [9.17, 15) is 14.7 Å². The number of anilines is 1. The van der Waals surface area contributed by atoms with Crippen molar-refractivity contribution in [3.8, 4) is 5.75 Å². The van der Waals surface area contributed by atoms with Gasteiger partial charge in [0.2, 0.25) is 11.8 Å². The van der Waals surface area contributed by atoms with E-state index < -0.39 is 11.5 Å². The molecule has 1 aromatic heterocycles. The van der Waals surface area contributed by atoms with Crippen molar-refractivity contribution in [3.63, 3.8) is 0 Å². The molecule has 6 bridgehead atoms. The Morgan fingerprint density at radius 3 is 2.80 bits per heavy atom. The van der Waals surface area contributed by atoms with E-state index in [1.807, 2.05) is 64.5 Å². The number of carbonyl (C=O) groups is 2. The molecule has 2 amide bonds. The first-order valence-electron chi connectivity index (χ1n) is 14.3. The first-order chi connectivity index (χ1) is 19.5. The van der Waals surface area contributed by atoms with Gasteiger partial charge in [0.05, 0.1) is 38.0 Å². The van der Waals surface area contributed by atoms with Crippen LogP contribution in [0.4, 0.5) is 5.69 Å². The van der Waals surface area contributed by atoms with Crippen LogP contribution < -0.4 is 9.64 Å². The van der Waals surface area contributed by atoms with E-state index in [2.05, 4.69) is 15.2 Å². The van der Waals surface area contributed by atoms with Crippen molar-refractivity contribution in [2.24, 2.45) is 0 Å². The van der Waals surface area contributed by atoms with Crippen LogP contribution in [0, 0.1) is 0 Å². The largest absolute Gasteiger partial charge is 0.494 e. The van der Waals surface area contributed by atoms with Crippen molar-refractivity contribution < 1.29 is 19.4 Å². The average Bonchev–Trinajstić information content (AvgIpc) is 3.65. The second kappa shape index (κ2) is 10.0. The zero-order chi connectivity index (χ0) is 27.3. The normalized spacial score (nSPS) is 25.1. The minimum atomic E-state index is -0.918. The summed E-state index contributed by atoms with van der Waals surface area (Å²) >= 11 is 0. The lowest BCUT2D eigenvalue weighted by Crippen LogP contribution is -2.48. The van der Waals surface area contributed by atoms with Crippen LogP contribution >= 0.6 is 0 Å².